The Kier molecular flexibility index (Phi) is 6.57. The molecule has 1 unspecified atom stereocenters. The molecule has 0 aromatic rings. The molecule has 0 aliphatic carbocycles. The van der Waals surface area contributed by atoms with Crippen molar-refractivity contribution in [3.8, 4) is 0 Å². The zero-order valence-corrected chi connectivity index (χ0v) is 12.2. The number of hydrogen-bond acceptors (Lipinski definition) is 2. The van der Waals surface area contributed by atoms with Crippen LogP contribution in [0.1, 0.15) is 60.8 Å². The maximum atomic E-state index is 6.07. The zero-order chi connectivity index (χ0) is 12.8. The van der Waals surface area contributed by atoms with Crippen molar-refractivity contribution in [2.45, 2.75) is 66.8 Å². The van der Waals surface area contributed by atoms with Crippen molar-refractivity contribution in [3.05, 3.63) is 0 Å². The molecular formula is C14H32N2. The molecule has 0 rings (SSSR count). The van der Waals surface area contributed by atoms with Gasteiger partial charge in [-0.2, -0.15) is 0 Å². The van der Waals surface area contributed by atoms with Gasteiger partial charge < -0.3 is 11.1 Å². The quantitative estimate of drug-likeness (QED) is 0.685. The lowest BCUT2D eigenvalue weighted by molar-refractivity contribution is 0.336. The molecule has 0 aromatic heterocycles. The molecule has 0 saturated carbocycles. The van der Waals surface area contributed by atoms with Gasteiger partial charge in [-0.1, -0.05) is 41.5 Å². The summed E-state index contributed by atoms with van der Waals surface area (Å²) in [6.07, 6.45) is 3.53. The van der Waals surface area contributed by atoms with Crippen LogP contribution in [0.3, 0.4) is 0 Å². The van der Waals surface area contributed by atoms with E-state index in [4.69, 9.17) is 5.73 Å². The van der Waals surface area contributed by atoms with Crippen molar-refractivity contribution >= 4 is 0 Å². The molecule has 16 heavy (non-hydrogen) atoms. The van der Waals surface area contributed by atoms with Crippen LogP contribution in [0.2, 0.25) is 0 Å². The van der Waals surface area contributed by atoms with E-state index in [0.717, 1.165) is 19.5 Å². The lowest BCUT2D eigenvalue weighted by Crippen LogP contribution is -2.35. The second-order valence-corrected chi connectivity index (χ2v) is 7.37. The summed E-state index contributed by atoms with van der Waals surface area (Å²) in [5.74, 6) is 0. The molecule has 0 amide bonds. The minimum atomic E-state index is 0.305. The van der Waals surface area contributed by atoms with Crippen molar-refractivity contribution in [1.29, 1.82) is 0 Å². The average molecular weight is 228 g/mol. The van der Waals surface area contributed by atoms with Crippen molar-refractivity contribution in [2.75, 3.05) is 13.1 Å². The molecular weight excluding hydrogens is 196 g/mol. The van der Waals surface area contributed by atoms with Gasteiger partial charge in [0.05, 0.1) is 0 Å². The molecule has 0 aliphatic heterocycles. The topological polar surface area (TPSA) is 38.0 Å². The van der Waals surface area contributed by atoms with Gasteiger partial charge in [0.25, 0.3) is 0 Å². The highest BCUT2D eigenvalue weighted by molar-refractivity contribution is 4.71. The van der Waals surface area contributed by atoms with E-state index >= 15 is 0 Å². The van der Waals surface area contributed by atoms with Crippen molar-refractivity contribution in [3.63, 3.8) is 0 Å². The fourth-order valence-electron chi connectivity index (χ4n) is 1.47. The Hall–Kier alpha value is -0.0800. The van der Waals surface area contributed by atoms with Crippen LogP contribution in [0, 0.1) is 10.8 Å². The summed E-state index contributed by atoms with van der Waals surface area (Å²) in [4.78, 5) is 0. The smallest absolute Gasteiger partial charge is 0.0165 e. The second kappa shape index (κ2) is 6.61. The Morgan fingerprint density at radius 2 is 1.44 bits per heavy atom. The van der Waals surface area contributed by atoms with Gasteiger partial charge in [-0.3, -0.25) is 0 Å². The van der Waals surface area contributed by atoms with Gasteiger partial charge in [-0.25, -0.2) is 0 Å². The first kappa shape index (κ1) is 15.9. The monoisotopic (exact) mass is 228 g/mol. The van der Waals surface area contributed by atoms with Crippen molar-refractivity contribution < 1.29 is 0 Å². The molecule has 0 aliphatic rings. The van der Waals surface area contributed by atoms with Crippen LogP contribution < -0.4 is 11.1 Å². The van der Waals surface area contributed by atoms with Crippen LogP contribution in [-0.2, 0) is 0 Å². The Morgan fingerprint density at radius 3 is 1.88 bits per heavy atom. The highest BCUT2D eigenvalue weighted by Crippen LogP contribution is 2.21. The number of rotatable bonds is 6. The number of nitrogens with two attached hydrogens (primary N) is 1. The normalized spacial score (nSPS) is 15.2. The Labute approximate surface area is 102 Å². The summed E-state index contributed by atoms with van der Waals surface area (Å²) >= 11 is 0. The van der Waals surface area contributed by atoms with Crippen LogP contribution in [0.25, 0.3) is 0 Å². The lowest BCUT2D eigenvalue weighted by atomic mass is 9.89. The van der Waals surface area contributed by atoms with Gasteiger partial charge in [-0.15, -0.1) is 0 Å². The summed E-state index contributed by atoms with van der Waals surface area (Å²) in [5, 5.41) is 3.45. The van der Waals surface area contributed by atoms with Gasteiger partial charge in [0, 0.05) is 12.6 Å². The molecule has 0 radical (unpaired) electrons. The number of hydrogen-bond donors (Lipinski definition) is 2. The summed E-state index contributed by atoms with van der Waals surface area (Å²) < 4.78 is 0. The first-order chi connectivity index (χ1) is 7.10. The van der Waals surface area contributed by atoms with E-state index in [0.29, 0.717) is 16.9 Å². The van der Waals surface area contributed by atoms with Gasteiger partial charge in [0.1, 0.15) is 0 Å². The summed E-state index contributed by atoms with van der Waals surface area (Å²) in [6, 6.07) is 0.305. The average Bonchev–Trinajstić information content (AvgIpc) is 2.06. The van der Waals surface area contributed by atoms with E-state index in [1.54, 1.807) is 0 Å². The predicted molar refractivity (Wildman–Crippen MR) is 73.6 cm³/mol. The van der Waals surface area contributed by atoms with Crippen molar-refractivity contribution in [2.24, 2.45) is 16.6 Å². The molecule has 0 saturated heterocycles. The third-order valence-corrected chi connectivity index (χ3v) is 2.72. The zero-order valence-electron chi connectivity index (χ0n) is 12.2. The van der Waals surface area contributed by atoms with Gasteiger partial charge in [0.2, 0.25) is 0 Å². The number of nitrogens with one attached hydrogen (secondary N) is 1. The SMILES string of the molecule is CC(C)(C)CCNCC(N)CCC(C)(C)C. The van der Waals surface area contributed by atoms with E-state index < -0.39 is 0 Å². The van der Waals surface area contributed by atoms with Gasteiger partial charge >= 0.3 is 0 Å². The van der Waals surface area contributed by atoms with E-state index in [1.165, 1.54) is 12.8 Å². The Bertz CT molecular complexity index is 174. The molecule has 2 nitrogen and oxygen atoms in total. The molecule has 0 bridgehead atoms. The molecule has 0 heterocycles. The van der Waals surface area contributed by atoms with E-state index in [2.05, 4.69) is 46.9 Å². The maximum absolute atomic E-state index is 6.07. The lowest BCUT2D eigenvalue weighted by Gasteiger charge is -2.22. The largest absolute Gasteiger partial charge is 0.327 e. The predicted octanol–water partition coefficient (Wildman–Crippen LogP) is 3.17. The highest BCUT2D eigenvalue weighted by atomic mass is 14.9. The first-order valence-corrected chi connectivity index (χ1v) is 6.56. The van der Waals surface area contributed by atoms with Crippen LogP contribution in [0.5, 0.6) is 0 Å². The molecule has 3 N–H and O–H groups in total. The molecule has 0 aromatic carbocycles. The van der Waals surface area contributed by atoms with E-state index in [1.807, 2.05) is 0 Å². The third kappa shape index (κ3) is 12.0. The summed E-state index contributed by atoms with van der Waals surface area (Å²) in [7, 11) is 0. The van der Waals surface area contributed by atoms with E-state index in [-0.39, 0.29) is 0 Å². The van der Waals surface area contributed by atoms with Crippen LogP contribution in [-0.4, -0.2) is 19.1 Å². The molecule has 0 spiro atoms. The minimum Gasteiger partial charge on any atom is -0.327 e. The van der Waals surface area contributed by atoms with Crippen LogP contribution >= 0.6 is 0 Å². The molecule has 98 valence electrons. The first-order valence-electron chi connectivity index (χ1n) is 6.56. The maximum Gasteiger partial charge on any atom is 0.0165 e. The van der Waals surface area contributed by atoms with Crippen LogP contribution in [0.15, 0.2) is 0 Å². The standard InChI is InChI=1S/C14H32N2/c1-13(2,3)8-7-12(15)11-16-10-9-14(4,5)6/h12,16H,7-11,15H2,1-6H3. The summed E-state index contributed by atoms with van der Waals surface area (Å²) in [6.45, 7) is 15.7. The van der Waals surface area contributed by atoms with Gasteiger partial charge in [-0.05, 0) is 36.6 Å². The second-order valence-electron chi connectivity index (χ2n) is 7.37. The Morgan fingerprint density at radius 1 is 0.938 bits per heavy atom. The highest BCUT2D eigenvalue weighted by Gasteiger charge is 2.13. The molecule has 1 atom stereocenters. The Balaban J connectivity index is 3.48. The summed E-state index contributed by atoms with van der Waals surface area (Å²) in [5.41, 5.74) is 6.89. The fraction of sp³-hybridized carbons (Fsp3) is 1.00. The van der Waals surface area contributed by atoms with Crippen molar-refractivity contribution in [1.82, 2.24) is 5.32 Å². The van der Waals surface area contributed by atoms with Crippen LogP contribution in [0.4, 0.5) is 0 Å². The van der Waals surface area contributed by atoms with Gasteiger partial charge in [0.15, 0.2) is 0 Å². The fourth-order valence-corrected chi connectivity index (χ4v) is 1.47. The van der Waals surface area contributed by atoms with E-state index in [9.17, 15) is 0 Å². The molecule has 2 heteroatoms. The minimum absolute atomic E-state index is 0.305. The molecule has 0 fully saturated rings. The third-order valence-electron chi connectivity index (χ3n) is 2.72.